The molecule has 194 valence electrons. The Morgan fingerprint density at radius 1 is 1.22 bits per heavy atom. The lowest BCUT2D eigenvalue weighted by Gasteiger charge is -2.28. The molecule has 0 radical (unpaired) electrons. The smallest absolute Gasteiger partial charge is 0.293 e. The first-order valence-corrected chi connectivity index (χ1v) is 12.1. The van der Waals surface area contributed by atoms with E-state index >= 15 is 0 Å². The maximum Gasteiger partial charge on any atom is 0.293 e. The highest BCUT2D eigenvalue weighted by atomic mass is 35.5. The highest BCUT2D eigenvalue weighted by molar-refractivity contribution is 7.22. The fourth-order valence-corrected chi connectivity index (χ4v) is 5.07. The van der Waals surface area contributed by atoms with Crippen LogP contribution in [0.1, 0.15) is 15.9 Å². The number of hydrogen-bond donors (Lipinski definition) is 0. The van der Waals surface area contributed by atoms with E-state index in [4.69, 9.17) is 14.5 Å². The number of nitro benzene ring substituents is 1. The minimum atomic E-state index is -0.433. The summed E-state index contributed by atoms with van der Waals surface area (Å²) in [5, 5.41) is 12.4. The molecular formula is C24H30ClN5O5S. The first-order chi connectivity index (χ1) is 16.8. The number of aromatic nitrogens is 1. The number of fused-ring (bicyclic) bond motifs is 1. The molecule has 0 spiro atoms. The van der Waals surface area contributed by atoms with Crippen LogP contribution in [0.4, 0.5) is 16.5 Å². The summed E-state index contributed by atoms with van der Waals surface area (Å²) in [5.41, 5.74) is 2.39. The van der Waals surface area contributed by atoms with Gasteiger partial charge in [-0.1, -0.05) is 17.4 Å². The van der Waals surface area contributed by atoms with Gasteiger partial charge in [-0.05, 0) is 44.8 Å². The van der Waals surface area contributed by atoms with Crippen LogP contribution >= 0.6 is 23.7 Å². The van der Waals surface area contributed by atoms with Crippen LogP contribution in [0.25, 0.3) is 10.2 Å². The summed E-state index contributed by atoms with van der Waals surface area (Å²) in [6.45, 7) is 5.13. The SMILES string of the molecule is COc1ccc(C)c2sc(N(CCN(C)C)C(=O)c3ccc(N4CCOCC4)c([N+](=O)[O-])c3)nc12.Cl. The molecule has 1 amide bonds. The molecule has 1 aliphatic rings. The predicted molar refractivity (Wildman–Crippen MR) is 145 cm³/mol. The van der Waals surface area contributed by atoms with Gasteiger partial charge < -0.3 is 19.3 Å². The number of hydrogen-bond acceptors (Lipinski definition) is 9. The van der Waals surface area contributed by atoms with E-state index in [9.17, 15) is 14.9 Å². The maximum absolute atomic E-state index is 13.7. The van der Waals surface area contributed by atoms with E-state index in [1.54, 1.807) is 24.1 Å². The molecule has 10 nitrogen and oxygen atoms in total. The molecule has 1 aromatic heterocycles. The number of amides is 1. The van der Waals surface area contributed by atoms with Crippen molar-refractivity contribution in [1.29, 1.82) is 0 Å². The zero-order chi connectivity index (χ0) is 25.1. The molecule has 3 aromatic rings. The molecule has 1 aliphatic heterocycles. The molecule has 1 fully saturated rings. The van der Waals surface area contributed by atoms with Crippen LogP contribution in [0.3, 0.4) is 0 Å². The van der Waals surface area contributed by atoms with E-state index in [0.29, 0.717) is 61.5 Å². The van der Waals surface area contributed by atoms with Crippen molar-refractivity contribution in [3.8, 4) is 5.75 Å². The summed E-state index contributed by atoms with van der Waals surface area (Å²) in [6.07, 6.45) is 0. The standard InChI is InChI=1S/C24H29N5O5S.ClH/c1-16-5-8-20(33-4)21-22(16)35-24(25-21)28(10-9-26(2)3)23(30)17-6-7-18(19(15-17)29(31)32)27-11-13-34-14-12-27;/h5-8,15H,9-14H2,1-4H3;1H. The van der Waals surface area contributed by atoms with Crippen LogP contribution in [0.15, 0.2) is 30.3 Å². The number of methoxy groups -OCH3 is 1. The maximum atomic E-state index is 13.7. The molecule has 0 aliphatic carbocycles. The van der Waals surface area contributed by atoms with Gasteiger partial charge in [-0.3, -0.25) is 19.8 Å². The third kappa shape index (κ3) is 5.70. The number of carbonyl (C=O) groups excluding carboxylic acids is 1. The number of rotatable bonds is 8. The Morgan fingerprint density at radius 2 is 1.94 bits per heavy atom. The minimum Gasteiger partial charge on any atom is -0.494 e. The Labute approximate surface area is 220 Å². The number of aryl methyl sites for hydroxylation is 1. The summed E-state index contributed by atoms with van der Waals surface area (Å²) in [7, 11) is 5.44. The lowest BCUT2D eigenvalue weighted by Crippen LogP contribution is -2.37. The number of morpholine rings is 1. The molecule has 0 atom stereocenters. The van der Waals surface area contributed by atoms with E-state index in [2.05, 4.69) is 0 Å². The zero-order valence-electron chi connectivity index (χ0n) is 20.7. The Bertz CT molecular complexity index is 1250. The fourth-order valence-electron chi connectivity index (χ4n) is 3.99. The number of nitrogens with zero attached hydrogens (tertiary/aromatic N) is 5. The second-order valence-corrected chi connectivity index (χ2v) is 9.56. The third-order valence-electron chi connectivity index (χ3n) is 5.93. The number of benzene rings is 2. The minimum absolute atomic E-state index is 0. The van der Waals surface area contributed by atoms with Gasteiger partial charge in [0.1, 0.15) is 17.0 Å². The number of thiazole rings is 1. The van der Waals surface area contributed by atoms with Crippen LogP contribution in [-0.4, -0.2) is 81.3 Å². The third-order valence-corrected chi connectivity index (χ3v) is 7.14. The van der Waals surface area contributed by atoms with Crippen LogP contribution in [0, 0.1) is 17.0 Å². The van der Waals surface area contributed by atoms with Gasteiger partial charge in [0.25, 0.3) is 11.6 Å². The first kappa shape index (κ1) is 27.6. The Balaban J connectivity index is 0.00000361. The monoisotopic (exact) mass is 535 g/mol. The molecule has 36 heavy (non-hydrogen) atoms. The summed E-state index contributed by atoms with van der Waals surface area (Å²) in [5.74, 6) is 0.303. The van der Waals surface area contributed by atoms with Gasteiger partial charge in [0.15, 0.2) is 5.13 Å². The fraction of sp³-hybridized carbons (Fsp3) is 0.417. The van der Waals surface area contributed by atoms with E-state index in [-0.39, 0.29) is 29.6 Å². The van der Waals surface area contributed by atoms with Crippen LogP contribution in [-0.2, 0) is 4.74 Å². The van der Waals surface area contributed by atoms with Crippen LogP contribution in [0.5, 0.6) is 5.75 Å². The van der Waals surface area contributed by atoms with E-state index in [1.807, 2.05) is 43.0 Å². The van der Waals surface area contributed by atoms with Crippen molar-refractivity contribution in [1.82, 2.24) is 9.88 Å². The predicted octanol–water partition coefficient (Wildman–Crippen LogP) is 3.99. The van der Waals surface area contributed by atoms with E-state index in [0.717, 1.165) is 10.3 Å². The number of anilines is 2. The van der Waals surface area contributed by atoms with Crippen molar-refractivity contribution in [3.05, 3.63) is 51.6 Å². The van der Waals surface area contributed by atoms with Crippen molar-refractivity contribution in [3.63, 3.8) is 0 Å². The average molecular weight is 536 g/mol. The van der Waals surface area contributed by atoms with E-state index in [1.165, 1.54) is 17.4 Å². The molecule has 4 rings (SSSR count). The summed E-state index contributed by atoms with van der Waals surface area (Å²) < 4.78 is 11.8. The highest BCUT2D eigenvalue weighted by Gasteiger charge is 2.27. The molecule has 0 unspecified atom stereocenters. The van der Waals surface area contributed by atoms with Gasteiger partial charge in [-0.25, -0.2) is 4.98 Å². The topological polar surface area (TPSA) is 101 Å². The van der Waals surface area contributed by atoms with Gasteiger partial charge in [-0.15, -0.1) is 12.4 Å². The normalized spacial score (nSPS) is 13.5. The van der Waals surface area contributed by atoms with Gasteiger partial charge in [0.05, 0.1) is 29.9 Å². The van der Waals surface area contributed by atoms with Crippen LogP contribution in [0.2, 0.25) is 0 Å². The van der Waals surface area contributed by atoms with Gasteiger partial charge in [0, 0.05) is 37.8 Å². The number of nitro groups is 1. The number of halogens is 1. The molecule has 1 saturated heterocycles. The largest absolute Gasteiger partial charge is 0.494 e. The summed E-state index contributed by atoms with van der Waals surface area (Å²) in [4.78, 5) is 35.4. The van der Waals surface area contributed by atoms with Crippen molar-refractivity contribution in [2.75, 3.05) is 70.4 Å². The Morgan fingerprint density at radius 3 is 2.58 bits per heavy atom. The van der Waals surface area contributed by atoms with Crippen molar-refractivity contribution >= 4 is 56.4 Å². The van der Waals surface area contributed by atoms with Gasteiger partial charge >= 0.3 is 0 Å². The molecule has 2 heterocycles. The number of ether oxygens (including phenoxy) is 2. The molecule has 0 N–H and O–H groups in total. The molecule has 0 saturated carbocycles. The molecule has 0 bridgehead atoms. The lowest BCUT2D eigenvalue weighted by atomic mass is 10.1. The first-order valence-electron chi connectivity index (χ1n) is 11.3. The second kappa shape index (κ2) is 11.8. The number of carbonyl (C=O) groups is 1. The zero-order valence-corrected chi connectivity index (χ0v) is 22.4. The van der Waals surface area contributed by atoms with Crippen molar-refractivity contribution < 1.29 is 19.2 Å². The van der Waals surface area contributed by atoms with Gasteiger partial charge in [0.2, 0.25) is 0 Å². The lowest BCUT2D eigenvalue weighted by molar-refractivity contribution is -0.384. The average Bonchev–Trinajstić information content (AvgIpc) is 3.30. The number of likely N-dealkylation sites (N-methyl/N-ethyl adjacent to an activating group) is 1. The highest BCUT2D eigenvalue weighted by Crippen LogP contribution is 2.37. The van der Waals surface area contributed by atoms with Gasteiger partial charge in [-0.2, -0.15) is 0 Å². The van der Waals surface area contributed by atoms with Crippen LogP contribution < -0.4 is 14.5 Å². The Kier molecular flexibility index (Phi) is 9.07. The van der Waals surface area contributed by atoms with Crippen molar-refractivity contribution in [2.24, 2.45) is 0 Å². The molecular weight excluding hydrogens is 506 g/mol. The second-order valence-electron chi connectivity index (χ2n) is 8.58. The Hall–Kier alpha value is -2.99. The summed E-state index contributed by atoms with van der Waals surface area (Å²) in [6, 6.07) is 8.51. The quantitative estimate of drug-likeness (QED) is 0.315. The molecule has 2 aromatic carbocycles. The van der Waals surface area contributed by atoms with Crippen molar-refractivity contribution in [2.45, 2.75) is 6.92 Å². The van der Waals surface area contributed by atoms with E-state index < -0.39 is 4.92 Å². The summed E-state index contributed by atoms with van der Waals surface area (Å²) >= 11 is 1.41. The molecule has 12 heteroatoms.